The van der Waals surface area contributed by atoms with Crippen LogP contribution in [0.2, 0.25) is 0 Å². The van der Waals surface area contributed by atoms with E-state index in [1.807, 2.05) is 23.6 Å². The Morgan fingerprint density at radius 1 is 1.16 bits per heavy atom. The maximum Gasteiger partial charge on any atom is 0.319 e. The third kappa shape index (κ3) is 6.71. The molecule has 8 heteroatoms. The van der Waals surface area contributed by atoms with Crippen molar-refractivity contribution < 1.29 is 23.8 Å². The summed E-state index contributed by atoms with van der Waals surface area (Å²) in [6.45, 7) is 5.90. The largest absolute Gasteiger partial charge is 0.493 e. The zero-order valence-corrected chi connectivity index (χ0v) is 19.9. The molecule has 0 amide bonds. The molecule has 0 spiro atoms. The number of thioether (sulfide) groups is 1. The Hall–Kier alpha value is -2.58. The molecular formula is C24H26FNO4S2. The van der Waals surface area contributed by atoms with E-state index >= 15 is 0 Å². The molecule has 3 rings (SSSR count). The van der Waals surface area contributed by atoms with Gasteiger partial charge in [0.1, 0.15) is 27.8 Å². The highest BCUT2D eigenvalue weighted by atomic mass is 32.2. The molecule has 0 aliphatic rings. The average Bonchev–Trinajstić information content (AvgIpc) is 3.18. The maximum atomic E-state index is 13.1. The van der Waals surface area contributed by atoms with Crippen LogP contribution in [0.3, 0.4) is 0 Å². The molecule has 32 heavy (non-hydrogen) atoms. The van der Waals surface area contributed by atoms with Crippen LogP contribution in [0.1, 0.15) is 38.4 Å². The number of hydrogen-bond donors (Lipinski definition) is 1. The molecule has 3 aromatic rings. The molecule has 0 radical (unpaired) electrons. The molecular weight excluding hydrogens is 449 g/mol. The van der Waals surface area contributed by atoms with Crippen LogP contribution < -0.4 is 9.47 Å². The van der Waals surface area contributed by atoms with Crippen LogP contribution in [0.15, 0.2) is 52.2 Å². The minimum absolute atomic E-state index is 0.302. The predicted octanol–water partition coefficient (Wildman–Crippen LogP) is 6.60. The number of rotatable bonds is 11. The zero-order valence-electron chi connectivity index (χ0n) is 18.3. The fraction of sp³-hybridized carbons (Fsp3) is 0.333. The van der Waals surface area contributed by atoms with Gasteiger partial charge in [0, 0.05) is 11.8 Å². The van der Waals surface area contributed by atoms with Gasteiger partial charge in [-0.15, -0.1) is 11.3 Å². The molecule has 1 aromatic heterocycles. The van der Waals surface area contributed by atoms with Gasteiger partial charge >= 0.3 is 5.97 Å². The summed E-state index contributed by atoms with van der Waals surface area (Å²) in [5.41, 5.74) is 1.93. The molecule has 0 aliphatic carbocycles. The van der Waals surface area contributed by atoms with Crippen LogP contribution in [0.5, 0.6) is 17.2 Å². The van der Waals surface area contributed by atoms with Crippen molar-refractivity contribution in [2.45, 2.75) is 49.1 Å². The van der Waals surface area contributed by atoms with Crippen LogP contribution in [-0.4, -0.2) is 27.4 Å². The summed E-state index contributed by atoms with van der Waals surface area (Å²) in [6.07, 6.45) is 2.43. The second kappa shape index (κ2) is 10.8. The number of aromatic nitrogens is 1. The van der Waals surface area contributed by atoms with E-state index in [0.29, 0.717) is 24.5 Å². The number of hydrogen-bond acceptors (Lipinski definition) is 6. The van der Waals surface area contributed by atoms with E-state index in [1.54, 1.807) is 26.0 Å². The fourth-order valence-corrected chi connectivity index (χ4v) is 5.07. The Morgan fingerprint density at radius 2 is 1.88 bits per heavy atom. The average molecular weight is 476 g/mol. The van der Waals surface area contributed by atoms with Crippen LogP contribution in [-0.2, 0) is 17.6 Å². The van der Waals surface area contributed by atoms with Crippen LogP contribution in [0.25, 0.3) is 0 Å². The van der Waals surface area contributed by atoms with Gasteiger partial charge in [-0.3, -0.25) is 4.79 Å². The first-order chi connectivity index (χ1) is 15.3. The minimum atomic E-state index is -0.918. The molecule has 0 atom stereocenters. The van der Waals surface area contributed by atoms with Crippen molar-refractivity contribution >= 4 is 29.1 Å². The number of halogens is 1. The monoisotopic (exact) mass is 475 g/mol. The SMILES string of the molecule is CCCc1cc(Oc2ccc(F)cc2)ccc1OCCc1csc(SC(C)(C)C(=O)O)n1. The molecule has 0 fully saturated rings. The highest BCUT2D eigenvalue weighted by Crippen LogP contribution is 2.35. The summed E-state index contributed by atoms with van der Waals surface area (Å²) < 4.78 is 24.8. The van der Waals surface area contributed by atoms with E-state index in [1.165, 1.54) is 35.2 Å². The highest BCUT2D eigenvalue weighted by Gasteiger charge is 2.29. The Balaban J connectivity index is 1.59. The first-order valence-electron chi connectivity index (χ1n) is 10.3. The standard InChI is InChI=1S/C24H26FNO4S2/c1-4-5-16-14-20(30-19-8-6-17(25)7-9-19)10-11-21(16)29-13-12-18-15-31-23(26-18)32-24(2,3)22(27)28/h6-11,14-15H,4-5,12-13H2,1-3H3,(H,27,28). The molecule has 1 N–H and O–H groups in total. The number of carboxylic acid groups (broad SMARTS) is 1. The molecule has 0 bridgehead atoms. The second-order valence-corrected chi connectivity index (χ2v) is 10.4. The number of carboxylic acids is 1. The first kappa shape index (κ1) is 24.1. The van der Waals surface area contributed by atoms with Gasteiger partial charge in [0.2, 0.25) is 0 Å². The smallest absolute Gasteiger partial charge is 0.319 e. The van der Waals surface area contributed by atoms with E-state index in [9.17, 15) is 14.3 Å². The number of ether oxygens (including phenoxy) is 2. The quantitative estimate of drug-likeness (QED) is 0.315. The van der Waals surface area contributed by atoms with Crippen LogP contribution in [0.4, 0.5) is 4.39 Å². The lowest BCUT2D eigenvalue weighted by molar-refractivity contribution is -0.138. The summed E-state index contributed by atoms with van der Waals surface area (Å²) >= 11 is 2.70. The number of aliphatic carboxylic acids is 1. The van der Waals surface area contributed by atoms with Crippen molar-refractivity contribution in [3.05, 3.63) is 64.9 Å². The zero-order chi connectivity index (χ0) is 23.1. The lowest BCUT2D eigenvalue weighted by Crippen LogP contribution is -2.26. The molecule has 0 saturated heterocycles. The molecule has 170 valence electrons. The van der Waals surface area contributed by atoms with Gasteiger partial charge in [-0.2, -0.15) is 0 Å². The van der Waals surface area contributed by atoms with E-state index < -0.39 is 10.7 Å². The van der Waals surface area contributed by atoms with Crippen molar-refractivity contribution in [3.8, 4) is 17.2 Å². The summed E-state index contributed by atoms with van der Waals surface area (Å²) in [5.74, 6) is 0.887. The van der Waals surface area contributed by atoms with E-state index in [-0.39, 0.29) is 5.82 Å². The first-order valence-corrected chi connectivity index (χ1v) is 12.0. The van der Waals surface area contributed by atoms with Gasteiger partial charge in [0.15, 0.2) is 4.34 Å². The highest BCUT2D eigenvalue weighted by molar-refractivity contribution is 8.02. The number of nitrogens with zero attached hydrogens (tertiary/aromatic N) is 1. The van der Waals surface area contributed by atoms with Gasteiger partial charge in [-0.1, -0.05) is 25.1 Å². The molecule has 5 nitrogen and oxygen atoms in total. The third-order valence-corrected chi connectivity index (χ3v) is 6.78. The number of carbonyl (C=O) groups is 1. The van der Waals surface area contributed by atoms with Gasteiger partial charge < -0.3 is 14.6 Å². The Kier molecular flexibility index (Phi) is 8.15. The van der Waals surface area contributed by atoms with E-state index in [4.69, 9.17) is 9.47 Å². The number of benzene rings is 2. The normalized spacial score (nSPS) is 11.4. The molecule has 0 saturated carbocycles. The van der Waals surface area contributed by atoms with Crippen molar-refractivity contribution in [3.63, 3.8) is 0 Å². The van der Waals surface area contributed by atoms with Crippen molar-refractivity contribution in [2.24, 2.45) is 0 Å². The summed E-state index contributed by atoms with van der Waals surface area (Å²) in [4.78, 5) is 15.8. The van der Waals surface area contributed by atoms with Gasteiger partial charge in [0.25, 0.3) is 0 Å². The van der Waals surface area contributed by atoms with Gasteiger partial charge in [-0.05, 0) is 68.3 Å². The fourth-order valence-electron chi connectivity index (χ4n) is 2.84. The van der Waals surface area contributed by atoms with Crippen molar-refractivity contribution in [1.29, 1.82) is 0 Å². The Labute approximate surface area is 195 Å². The number of aryl methyl sites for hydroxylation is 1. The molecule has 1 heterocycles. The second-order valence-electron chi connectivity index (χ2n) is 7.70. The van der Waals surface area contributed by atoms with Gasteiger partial charge in [-0.25, -0.2) is 9.37 Å². The molecule has 2 aromatic carbocycles. The van der Waals surface area contributed by atoms with Gasteiger partial charge in [0.05, 0.1) is 12.3 Å². The lowest BCUT2D eigenvalue weighted by atomic mass is 10.1. The van der Waals surface area contributed by atoms with E-state index in [0.717, 1.165) is 34.2 Å². The maximum absolute atomic E-state index is 13.1. The van der Waals surface area contributed by atoms with E-state index in [2.05, 4.69) is 11.9 Å². The Morgan fingerprint density at radius 3 is 2.56 bits per heavy atom. The topological polar surface area (TPSA) is 68.7 Å². The minimum Gasteiger partial charge on any atom is -0.493 e. The lowest BCUT2D eigenvalue weighted by Gasteiger charge is -2.15. The Bertz CT molecular complexity index is 1050. The molecule has 0 unspecified atom stereocenters. The molecule has 0 aliphatic heterocycles. The summed E-state index contributed by atoms with van der Waals surface area (Å²) in [6, 6.07) is 11.6. The van der Waals surface area contributed by atoms with Crippen molar-refractivity contribution in [1.82, 2.24) is 4.98 Å². The summed E-state index contributed by atoms with van der Waals surface area (Å²) in [5, 5.41) is 11.2. The van der Waals surface area contributed by atoms with Crippen molar-refractivity contribution in [2.75, 3.05) is 6.61 Å². The summed E-state index contributed by atoms with van der Waals surface area (Å²) in [7, 11) is 0. The number of thiazole rings is 1. The third-order valence-electron chi connectivity index (χ3n) is 4.60. The van der Waals surface area contributed by atoms with Crippen LogP contribution in [0, 0.1) is 5.82 Å². The predicted molar refractivity (Wildman–Crippen MR) is 126 cm³/mol. The van der Waals surface area contributed by atoms with Crippen LogP contribution >= 0.6 is 23.1 Å².